The molecule has 2 amide bonds. The van der Waals surface area contributed by atoms with E-state index in [4.69, 9.17) is 0 Å². The Kier molecular flexibility index (Phi) is 6.37. The zero-order valence-corrected chi connectivity index (χ0v) is 19.0. The number of aromatic nitrogens is 2. The molecule has 3 heterocycles. The van der Waals surface area contributed by atoms with Crippen LogP contribution in [0.4, 0.5) is 15.1 Å². The van der Waals surface area contributed by atoms with Crippen molar-refractivity contribution in [3.63, 3.8) is 0 Å². The summed E-state index contributed by atoms with van der Waals surface area (Å²) in [4.78, 5) is 37.1. The van der Waals surface area contributed by atoms with Crippen molar-refractivity contribution in [2.45, 2.75) is 6.04 Å². The van der Waals surface area contributed by atoms with Gasteiger partial charge in [0.2, 0.25) is 5.95 Å². The number of carbonyl (C=O) groups excluding carboxylic acids is 2. The average molecular weight is 476 g/mol. The van der Waals surface area contributed by atoms with Gasteiger partial charge in [0.1, 0.15) is 5.82 Å². The lowest BCUT2D eigenvalue weighted by Gasteiger charge is -2.39. The third kappa shape index (κ3) is 4.85. The zero-order valence-electron chi connectivity index (χ0n) is 18.2. The Balaban J connectivity index is 1.32. The fourth-order valence-corrected chi connectivity index (χ4v) is 4.89. The first kappa shape index (κ1) is 22.2. The maximum absolute atomic E-state index is 13.6. The van der Waals surface area contributed by atoms with Crippen LogP contribution < -0.4 is 10.2 Å². The lowest BCUT2D eigenvalue weighted by molar-refractivity contribution is -0.115. The Labute approximate surface area is 200 Å². The van der Waals surface area contributed by atoms with Crippen LogP contribution in [0.25, 0.3) is 6.08 Å². The summed E-state index contributed by atoms with van der Waals surface area (Å²) < 4.78 is 13.6. The molecule has 1 aromatic heterocycles. The smallest absolute Gasteiger partial charge is 0.290 e. The fourth-order valence-electron chi connectivity index (χ4n) is 4.22. The highest BCUT2D eigenvalue weighted by Gasteiger charge is 2.28. The lowest BCUT2D eigenvalue weighted by Crippen LogP contribution is -2.48. The number of nitrogens with one attached hydrogen (secondary N) is 1. The molecule has 1 N–H and O–H groups in total. The summed E-state index contributed by atoms with van der Waals surface area (Å²) in [6.45, 7) is 2.99. The molecular formula is C25H22FN5O2S. The number of benzene rings is 2. The van der Waals surface area contributed by atoms with Crippen LogP contribution >= 0.6 is 11.8 Å². The second-order valence-electron chi connectivity index (χ2n) is 8.02. The number of imide groups is 1. The van der Waals surface area contributed by atoms with Crippen LogP contribution in [0, 0.1) is 5.82 Å². The molecule has 5 rings (SSSR count). The van der Waals surface area contributed by atoms with Crippen LogP contribution in [0.15, 0.2) is 71.8 Å². The minimum absolute atomic E-state index is 0.0244. The molecule has 0 aliphatic carbocycles. The third-order valence-electron chi connectivity index (χ3n) is 5.85. The summed E-state index contributed by atoms with van der Waals surface area (Å²) >= 11 is 0.867. The highest BCUT2D eigenvalue weighted by molar-refractivity contribution is 8.18. The first-order chi connectivity index (χ1) is 16.6. The average Bonchev–Trinajstić information content (AvgIpc) is 3.18. The van der Waals surface area contributed by atoms with Crippen LogP contribution in [0.3, 0.4) is 0 Å². The monoisotopic (exact) mass is 475 g/mol. The Morgan fingerprint density at radius 1 is 0.941 bits per heavy atom. The van der Waals surface area contributed by atoms with E-state index in [1.54, 1.807) is 18.3 Å². The van der Waals surface area contributed by atoms with Gasteiger partial charge in [-0.2, -0.15) is 0 Å². The van der Waals surface area contributed by atoms with E-state index in [1.165, 1.54) is 12.1 Å². The van der Waals surface area contributed by atoms with Crippen molar-refractivity contribution in [3.8, 4) is 0 Å². The van der Waals surface area contributed by atoms with Crippen molar-refractivity contribution in [2.75, 3.05) is 31.1 Å². The van der Waals surface area contributed by atoms with Crippen molar-refractivity contribution in [3.05, 3.63) is 94.4 Å². The maximum Gasteiger partial charge on any atom is 0.290 e. The minimum atomic E-state index is -0.406. The Morgan fingerprint density at radius 3 is 2.32 bits per heavy atom. The molecule has 0 bridgehead atoms. The van der Waals surface area contributed by atoms with Gasteiger partial charge in [-0.15, -0.1) is 0 Å². The Bertz CT molecular complexity index is 1230. The van der Waals surface area contributed by atoms with Crippen molar-refractivity contribution in [1.29, 1.82) is 0 Å². The molecule has 1 unspecified atom stereocenters. The molecule has 172 valence electrons. The summed E-state index contributed by atoms with van der Waals surface area (Å²) in [5.74, 6) is -0.0662. The van der Waals surface area contributed by atoms with Gasteiger partial charge in [-0.1, -0.05) is 42.5 Å². The van der Waals surface area contributed by atoms with E-state index in [2.05, 4.69) is 37.2 Å². The van der Waals surface area contributed by atoms with E-state index in [0.29, 0.717) is 16.5 Å². The van der Waals surface area contributed by atoms with Crippen molar-refractivity contribution in [2.24, 2.45) is 0 Å². The predicted octanol–water partition coefficient (Wildman–Crippen LogP) is 3.85. The SMILES string of the molecule is O=C1NC(=O)C(=Cc2ccnc(N3CCN(C(c4ccccc4)c4ccc(F)cc4)CC3)n2)S1. The van der Waals surface area contributed by atoms with Gasteiger partial charge in [0.25, 0.3) is 11.1 Å². The standard InChI is InChI=1S/C25H22FN5O2S/c26-19-8-6-18(7-9-19)22(17-4-2-1-3-5-17)30-12-14-31(15-13-30)24-27-11-10-20(28-24)16-21-23(32)29-25(33)34-21/h1-11,16,22H,12-15H2,(H,29,32,33). The van der Waals surface area contributed by atoms with Gasteiger partial charge in [0.05, 0.1) is 16.6 Å². The molecule has 7 nitrogen and oxygen atoms in total. The molecule has 3 aromatic rings. The number of hydrogen-bond donors (Lipinski definition) is 1. The highest BCUT2D eigenvalue weighted by atomic mass is 32.2. The zero-order chi connectivity index (χ0) is 23.5. The quantitative estimate of drug-likeness (QED) is 0.562. The number of rotatable bonds is 5. The number of anilines is 1. The predicted molar refractivity (Wildman–Crippen MR) is 130 cm³/mol. The van der Waals surface area contributed by atoms with Gasteiger partial charge in [0.15, 0.2) is 0 Å². The highest BCUT2D eigenvalue weighted by Crippen LogP contribution is 2.30. The summed E-state index contributed by atoms with van der Waals surface area (Å²) in [6.07, 6.45) is 3.26. The molecule has 0 saturated carbocycles. The van der Waals surface area contributed by atoms with E-state index >= 15 is 0 Å². The van der Waals surface area contributed by atoms with Crippen LogP contribution in [0.1, 0.15) is 22.9 Å². The molecule has 2 fully saturated rings. The van der Waals surface area contributed by atoms with Crippen molar-refractivity contribution >= 4 is 34.9 Å². The van der Waals surface area contributed by atoms with Gasteiger partial charge in [-0.25, -0.2) is 14.4 Å². The molecule has 2 saturated heterocycles. The van der Waals surface area contributed by atoms with E-state index in [-0.39, 0.29) is 17.1 Å². The van der Waals surface area contributed by atoms with Gasteiger partial charge in [-0.3, -0.25) is 19.8 Å². The number of thioether (sulfide) groups is 1. The summed E-state index contributed by atoms with van der Waals surface area (Å²) in [5, 5.41) is 1.87. The van der Waals surface area contributed by atoms with Crippen molar-refractivity contribution in [1.82, 2.24) is 20.2 Å². The number of piperazine rings is 1. The first-order valence-electron chi connectivity index (χ1n) is 10.9. The van der Waals surface area contributed by atoms with Gasteiger partial charge in [0, 0.05) is 32.4 Å². The number of halogens is 1. The third-order valence-corrected chi connectivity index (χ3v) is 6.66. The van der Waals surface area contributed by atoms with Gasteiger partial charge < -0.3 is 4.90 Å². The second-order valence-corrected chi connectivity index (χ2v) is 9.04. The summed E-state index contributed by atoms with van der Waals surface area (Å²) in [5.41, 5.74) is 2.79. The van der Waals surface area contributed by atoms with Crippen LogP contribution in [-0.4, -0.2) is 52.2 Å². The molecule has 34 heavy (non-hydrogen) atoms. The number of carbonyl (C=O) groups is 2. The Morgan fingerprint density at radius 2 is 1.65 bits per heavy atom. The summed E-state index contributed by atoms with van der Waals surface area (Å²) in [6, 6.07) is 18.7. The fraction of sp³-hybridized carbons (Fsp3) is 0.200. The molecule has 0 radical (unpaired) electrons. The largest absolute Gasteiger partial charge is 0.338 e. The van der Waals surface area contributed by atoms with Crippen LogP contribution in [0.2, 0.25) is 0 Å². The molecule has 2 aliphatic rings. The molecule has 0 spiro atoms. The van der Waals surface area contributed by atoms with Crippen LogP contribution in [-0.2, 0) is 4.79 Å². The number of nitrogens with zero attached hydrogens (tertiary/aromatic N) is 4. The van der Waals surface area contributed by atoms with E-state index in [1.807, 2.05) is 30.3 Å². The van der Waals surface area contributed by atoms with Gasteiger partial charge in [-0.05, 0) is 47.2 Å². The van der Waals surface area contributed by atoms with E-state index in [9.17, 15) is 14.0 Å². The molecular weight excluding hydrogens is 453 g/mol. The molecule has 2 aliphatic heterocycles. The van der Waals surface area contributed by atoms with Crippen LogP contribution in [0.5, 0.6) is 0 Å². The van der Waals surface area contributed by atoms with E-state index < -0.39 is 5.91 Å². The normalized spacial score (nSPS) is 18.9. The second kappa shape index (κ2) is 9.74. The van der Waals surface area contributed by atoms with E-state index in [0.717, 1.165) is 49.1 Å². The molecule has 2 aromatic carbocycles. The first-order valence-corrected chi connectivity index (χ1v) is 11.8. The lowest BCUT2D eigenvalue weighted by atomic mass is 9.96. The van der Waals surface area contributed by atoms with Crippen molar-refractivity contribution < 1.29 is 14.0 Å². The Hall–Kier alpha value is -3.56. The minimum Gasteiger partial charge on any atom is -0.338 e. The van der Waals surface area contributed by atoms with Gasteiger partial charge >= 0.3 is 0 Å². The summed E-state index contributed by atoms with van der Waals surface area (Å²) in [7, 11) is 0. The topological polar surface area (TPSA) is 78.4 Å². The maximum atomic E-state index is 13.6. The molecule has 1 atom stereocenters. The number of amides is 2. The molecule has 9 heteroatoms. The number of hydrogen-bond acceptors (Lipinski definition) is 7.